The van der Waals surface area contributed by atoms with Gasteiger partial charge in [0, 0.05) is 23.1 Å². The van der Waals surface area contributed by atoms with E-state index in [9.17, 15) is 4.79 Å². The molecule has 1 unspecified atom stereocenters. The minimum Gasteiger partial charge on any atom is -0.360 e. The van der Waals surface area contributed by atoms with Crippen molar-refractivity contribution >= 4 is 16.8 Å². The van der Waals surface area contributed by atoms with Crippen molar-refractivity contribution in [1.82, 2.24) is 10.3 Å². The number of aromatic nitrogens is 1. The Kier molecular flexibility index (Phi) is 3.28. The lowest BCUT2D eigenvalue weighted by molar-refractivity contribution is 0.0855. The molecule has 1 aliphatic rings. The Bertz CT molecular complexity index is 627. The molecule has 1 atom stereocenters. The maximum Gasteiger partial charge on any atom is 0.253 e. The maximum absolute atomic E-state index is 12.5. The van der Waals surface area contributed by atoms with Crippen LogP contribution in [0.3, 0.4) is 0 Å². The first-order valence-electron chi connectivity index (χ1n) is 7.45. The average Bonchev–Trinajstić information content (AvgIpc) is 2.85. The first-order valence-corrected chi connectivity index (χ1v) is 7.45. The monoisotopic (exact) mass is 270 g/mol. The number of para-hydroxylation sites is 1. The number of H-pyrrole nitrogens is 1. The zero-order valence-corrected chi connectivity index (χ0v) is 12.2. The molecule has 1 aromatic heterocycles. The topological polar surface area (TPSA) is 44.9 Å². The van der Waals surface area contributed by atoms with E-state index in [2.05, 4.69) is 24.1 Å². The summed E-state index contributed by atoms with van der Waals surface area (Å²) in [6, 6.07) is 8.21. The summed E-state index contributed by atoms with van der Waals surface area (Å²) in [5.74, 6) is 0.0439. The summed E-state index contributed by atoms with van der Waals surface area (Å²) in [4.78, 5) is 15.7. The number of amides is 1. The second-order valence-electron chi connectivity index (χ2n) is 6.51. The van der Waals surface area contributed by atoms with Crippen LogP contribution in [0.4, 0.5) is 0 Å². The van der Waals surface area contributed by atoms with Crippen molar-refractivity contribution in [2.24, 2.45) is 5.41 Å². The highest BCUT2D eigenvalue weighted by molar-refractivity contribution is 6.06. The Hall–Kier alpha value is -1.77. The molecule has 0 bridgehead atoms. The van der Waals surface area contributed by atoms with Crippen molar-refractivity contribution in [1.29, 1.82) is 0 Å². The third-order valence-electron chi connectivity index (χ3n) is 4.65. The Morgan fingerprint density at radius 3 is 2.90 bits per heavy atom. The first-order chi connectivity index (χ1) is 9.58. The van der Waals surface area contributed by atoms with Crippen LogP contribution >= 0.6 is 0 Å². The summed E-state index contributed by atoms with van der Waals surface area (Å²) >= 11 is 0. The van der Waals surface area contributed by atoms with Gasteiger partial charge in [-0.05, 0) is 24.3 Å². The van der Waals surface area contributed by atoms with E-state index in [1.54, 1.807) is 0 Å². The van der Waals surface area contributed by atoms with Crippen LogP contribution < -0.4 is 5.32 Å². The quantitative estimate of drug-likeness (QED) is 0.855. The van der Waals surface area contributed by atoms with Crippen molar-refractivity contribution < 1.29 is 4.79 Å². The van der Waals surface area contributed by atoms with Gasteiger partial charge in [-0.1, -0.05) is 44.9 Å². The molecule has 1 fully saturated rings. The molecule has 1 saturated carbocycles. The van der Waals surface area contributed by atoms with Crippen LogP contribution in [0, 0.1) is 5.41 Å². The largest absolute Gasteiger partial charge is 0.360 e. The van der Waals surface area contributed by atoms with Crippen LogP contribution in [-0.4, -0.2) is 16.9 Å². The van der Waals surface area contributed by atoms with Gasteiger partial charge >= 0.3 is 0 Å². The van der Waals surface area contributed by atoms with Crippen LogP contribution in [0.15, 0.2) is 30.5 Å². The highest BCUT2D eigenvalue weighted by Gasteiger charge is 2.33. The molecule has 3 rings (SSSR count). The van der Waals surface area contributed by atoms with Crippen LogP contribution in [0.1, 0.15) is 49.9 Å². The molecule has 0 spiro atoms. The number of rotatable bonds is 2. The molecule has 1 aromatic carbocycles. The third kappa shape index (κ3) is 2.33. The molecule has 20 heavy (non-hydrogen) atoms. The predicted octanol–water partition coefficient (Wildman–Crippen LogP) is 3.87. The molecule has 2 aromatic rings. The van der Waals surface area contributed by atoms with Crippen molar-refractivity contribution in [2.45, 2.75) is 45.6 Å². The maximum atomic E-state index is 12.5. The van der Waals surface area contributed by atoms with Gasteiger partial charge in [0.2, 0.25) is 0 Å². The van der Waals surface area contributed by atoms with Gasteiger partial charge in [-0.25, -0.2) is 0 Å². The SMILES string of the molecule is CC1(C)CCCCC1NC(=O)c1c[nH]c2ccccc12. The van der Waals surface area contributed by atoms with E-state index >= 15 is 0 Å². The summed E-state index contributed by atoms with van der Waals surface area (Å²) in [5.41, 5.74) is 1.96. The number of carbonyl (C=O) groups excluding carboxylic acids is 1. The van der Waals surface area contributed by atoms with Gasteiger partial charge in [0.1, 0.15) is 0 Å². The van der Waals surface area contributed by atoms with Crippen LogP contribution in [0.25, 0.3) is 10.9 Å². The molecule has 1 amide bonds. The van der Waals surface area contributed by atoms with E-state index < -0.39 is 0 Å². The Balaban J connectivity index is 1.82. The summed E-state index contributed by atoms with van der Waals surface area (Å²) < 4.78 is 0. The molecule has 106 valence electrons. The van der Waals surface area contributed by atoms with Gasteiger partial charge in [-0.15, -0.1) is 0 Å². The fourth-order valence-electron chi connectivity index (χ4n) is 3.26. The van der Waals surface area contributed by atoms with Gasteiger partial charge in [0.15, 0.2) is 0 Å². The first kappa shape index (κ1) is 13.2. The molecular formula is C17H22N2O. The molecule has 2 N–H and O–H groups in total. The second kappa shape index (κ2) is 4.97. The summed E-state index contributed by atoms with van der Waals surface area (Å²) in [6.07, 6.45) is 6.57. The molecule has 1 heterocycles. The van der Waals surface area contributed by atoms with Crippen LogP contribution in [0.2, 0.25) is 0 Å². The third-order valence-corrected chi connectivity index (χ3v) is 4.65. The van der Waals surface area contributed by atoms with E-state index in [0.717, 1.165) is 22.9 Å². The Morgan fingerprint density at radius 1 is 1.30 bits per heavy atom. The van der Waals surface area contributed by atoms with E-state index in [1.165, 1.54) is 19.3 Å². The smallest absolute Gasteiger partial charge is 0.253 e. The highest BCUT2D eigenvalue weighted by Crippen LogP contribution is 2.35. The minimum atomic E-state index is 0.0439. The van der Waals surface area contributed by atoms with Gasteiger partial charge < -0.3 is 10.3 Å². The molecular weight excluding hydrogens is 248 g/mol. The summed E-state index contributed by atoms with van der Waals surface area (Å²) in [6.45, 7) is 4.51. The van der Waals surface area contributed by atoms with E-state index in [-0.39, 0.29) is 17.4 Å². The van der Waals surface area contributed by atoms with Crippen molar-refractivity contribution in [3.05, 3.63) is 36.0 Å². The van der Waals surface area contributed by atoms with Crippen LogP contribution in [0.5, 0.6) is 0 Å². The summed E-state index contributed by atoms with van der Waals surface area (Å²) in [7, 11) is 0. The average molecular weight is 270 g/mol. The van der Waals surface area contributed by atoms with Crippen molar-refractivity contribution in [3.8, 4) is 0 Å². The van der Waals surface area contributed by atoms with Crippen molar-refractivity contribution in [3.63, 3.8) is 0 Å². The Labute approximate surface area is 119 Å². The van der Waals surface area contributed by atoms with Gasteiger partial charge in [-0.3, -0.25) is 4.79 Å². The van der Waals surface area contributed by atoms with Gasteiger partial charge in [0.05, 0.1) is 5.56 Å². The number of fused-ring (bicyclic) bond motifs is 1. The summed E-state index contributed by atoms with van der Waals surface area (Å²) in [5, 5.41) is 4.24. The Morgan fingerprint density at radius 2 is 2.10 bits per heavy atom. The lowest BCUT2D eigenvalue weighted by atomic mass is 9.73. The lowest BCUT2D eigenvalue weighted by Crippen LogP contribution is -2.46. The zero-order valence-electron chi connectivity index (χ0n) is 12.2. The fraction of sp³-hybridized carbons (Fsp3) is 0.471. The molecule has 0 radical (unpaired) electrons. The fourth-order valence-corrected chi connectivity index (χ4v) is 3.26. The van der Waals surface area contributed by atoms with E-state index in [1.807, 2.05) is 30.5 Å². The lowest BCUT2D eigenvalue weighted by Gasteiger charge is -2.39. The number of carbonyl (C=O) groups is 1. The number of aromatic amines is 1. The molecule has 1 aliphatic carbocycles. The van der Waals surface area contributed by atoms with Crippen molar-refractivity contribution in [2.75, 3.05) is 0 Å². The van der Waals surface area contributed by atoms with E-state index in [4.69, 9.17) is 0 Å². The molecule has 3 heteroatoms. The normalized spacial score (nSPS) is 21.8. The minimum absolute atomic E-state index is 0.0439. The predicted molar refractivity (Wildman–Crippen MR) is 81.8 cm³/mol. The number of nitrogens with one attached hydrogen (secondary N) is 2. The van der Waals surface area contributed by atoms with Gasteiger partial charge in [0.25, 0.3) is 5.91 Å². The highest BCUT2D eigenvalue weighted by atomic mass is 16.1. The second-order valence-corrected chi connectivity index (χ2v) is 6.51. The number of benzene rings is 1. The van der Waals surface area contributed by atoms with E-state index in [0.29, 0.717) is 0 Å². The zero-order chi connectivity index (χ0) is 14.2. The number of hydrogen-bond donors (Lipinski definition) is 2. The van der Waals surface area contributed by atoms with Crippen LogP contribution in [-0.2, 0) is 0 Å². The van der Waals surface area contributed by atoms with Gasteiger partial charge in [-0.2, -0.15) is 0 Å². The molecule has 0 saturated heterocycles. The standard InChI is InChI=1S/C17H22N2O/c1-17(2)10-6-5-9-15(17)19-16(20)13-11-18-14-8-4-3-7-12(13)14/h3-4,7-8,11,15,18H,5-6,9-10H2,1-2H3,(H,19,20). The molecule has 3 nitrogen and oxygen atoms in total. The molecule has 0 aliphatic heterocycles. The number of hydrogen-bond acceptors (Lipinski definition) is 1.